The molecule has 0 saturated carbocycles. The van der Waals surface area contributed by atoms with Crippen LogP contribution in [0.25, 0.3) is 99.5 Å². The van der Waals surface area contributed by atoms with Crippen LogP contribution in [-0.2, 0) is 0 Å². The van der Waals surface area contributed by atoms with Crippen LogP contribution < -0.4 is 0 Å². The highest BCUT2D eigenvalue weighted by Gasteiger charge is 2.19. The Morgan fingerprint density at radius 1 is 0.382 bits per heavy atom. The molecule has 2 aromatic heterocycles. The van der Waals surface area contributed by atoms with Gasteiger partial charge in [0.25, 0.3) is 0 Å². The van der Waals surface area contributed by atoms with Crippen LogP contribution in [0.3, 0.4) is 0 Å². The molecule has 0 aliphatic carbocycles. The summed E-state index contributed by atoms with van der Waals surface area (Å²) in [7, 11) is 0. The summed E-state index contributed by atoms with van der Waals surface area (Å²) in [5.41, 5.74) is 10.4. The minimum atomic E-state index is 0.549. The van der Waals surface area contributed by atoms with E-state index in [0.29, 0.717) is 23.2 Å². The van der Waals surface area contributed by atoms with Crippen LogP contribution >= 0.6 is 0 Å². The van der Waals surface area contributed by atoms with Crippen molar-refractivity contribution in [3.63, 3.8) is 0 Å². The second-order valence-electron chi connectivity index (χ2n) is 13.5. The average Bonchev–Trinajstić information content (AvgIpc) is 3.60. The lowest BCUT2D eigenvalue weighted by atomic mass is 9.97. The first-order chi connectivity index (χ1) is 27.2. The SMILES string of the molecule is [C-]#[N+]c1ccccc1-c1cc(-c2nc(-c3ccccc3)nc(-c3ccccc3)n2)cc(-n2c3ccccc3c3ccc(-c4cccc5ccccc45)cc32)c1. The van der Waals surface area contributed by atoms with Gasteiger partial charge in [-0.2, -0.15) is 0 Å². The third kappa shape index (κ3) is 5.70. The number of hydrogen-bond donors (Lipinski definition) is 0. The van der Waals surface area contributed by atoms with E-state index >= 15 is 0 Å². The van der Waals surface area contributed by atoms with Crippen molar-refractivity contribution in [3.05, 3.63) is 199 Å². The van der Waals surface area contributed by atoms with Gasteiger partial charge in [-0.05, 0) is 63.4 Å². The highest BCUT2D eigenvalue weighted by molar-refractivity contribution is 6.11. The van der Waals surface area contributed by atoms with Gasteiger partial charge in [0.15, 0.2) is 23.2 Å². The first kappa shape index (κ1) is 32.0. The first-order valence-electron chi connectivity index (χ1n) is 18.2. The number of para-hydroxylation sites is 2. The van der Waals surface area contributed by atoms with Crippen LogP contribution in [0.1, 0.15) is 0 Å². The molecule has 0 N–H and O–H groups in total. The molecule has 0 bridgehead atoms. The molecule has 0 aliphatic heterocycles. The monoisotopic (exact) mass is 701 g/mol. The molecule has 5 heteroatoms. The van der Waals surface area contributed by atoms with E-state index < -0.39 is 0 Å². The van der Waals surface area contributed by atoms with E-state index in [1.165, 1.54) is 16.3 Å². The maximum atomic E-state index is 8.06. The molecule has 0 aliphatic rings. The predicted molar refractivity (Wildman–Crippen MR) is 225 cm³/mol. The Balaban J connectivity index is 1.26. The lowest BCUT2D eigenvalue weighted by Crippen LogP contribution is -2.02. The highest BCUT2D eigenvalue weighted by atomic mass is 15.0. The Bertz CT molecular complexity index is 3040. The summed E-state index contributed by atoms with van der Waals surface area (Å²) in [4.78, 5) is 19.1. The number of hydrogen-bond acceptors (Lipinski definition) is 3. The molecule has 0 spiro atoms. The van der Waals surface area contributed by atoms with E-state index in [1.807, 2.05) is 84.9 Å². The molecule has 0 saturated heterocycles. The molecular weight excluding hydrogens is 671 g/mol. The van der Waals surface area contributed by atoms with E-state index in [-0.39, 0.29) is 0 Å². The van der Waals surface area contributed by atoms with Crippen LogP contribution in [0.4, 0.5) is 5.69 Å². The molecule has 0 atom stereocenters. The van der Waals surface area contributed by atoms with Gasteiger partial charge in [-0.15, -0.1) is 0 Å². The first-order valence-corrected chi connectivity index (χ1v) is 18.2. The van der Waals surface area contributed by atoms with Crippen molar-refractivity contribution in [2.75, 3.05) is 0 Å². The van der Waals surface area contributed by atoms with E-state index in [1.54, 1.807) is 0 Å². The summed E-state index contributed by atoms with van der Waals surface area (Å²) in [6.07, 6.45) is 0. The largest absolute Gasteiger partial charge is 0.309 e. The summed E-state index contributed by atoms with van der Waals surface area (Å²) in [6.45, 7) is 8.06. The predicted octanol–water partition coefficient (Wildman–Crippen LogP) is 13.0. The second kappa shape index (κ2) is 13.4. The van der Waals surface area contributed by atoms with Crippen molar-refractivity contribution >= 4 is 38.3 Å². The summed E-state index contributed by atoms with van der Waals surface area (Å²) < 4.78 is 2.34. The fraction of sp³-hybridized carbons (Fsp3) is 0. The van der Waals surface area contributed by atoms with E-state index in [2.05, 4.69) is 113 Å². The smallest absolute Gasteiger partial charge is 0.194 e. The minimum absolute atomic E-state index is 0.549. The maximum Gasteiger partial charge on any atom is 0.194 e. The molecule has 0 radical (unpaired) electrons. The third-order valence-corrected chi connectivity index (χ3v) is 10.2. The molecule has 256 valence electrons. The summed E-state index contributed by atoms with van der Waals surface area (Å²) in [5.74, 6) is 1.73. The molecule has 0 unspecified atom stereocenters. The van der Waals surface area contributed by atoms with Gasteiger partial charge < -0.3 is 4.57 Å². The lowest BCUT2D eigenvalue weighted by molar-refractivity contribution is 1.07. The molecule has 55 heavy (non-hydrogen) atoms. The fourth-order valence-corrected chi connectivity index (χ4v) is 7.67. The molecule has 10 aromatic rings. The number of aromatic nitrogens is 4. The zero-order valence-electron chi connectivity index (χ0n) is 29.6. The molecule has 0 amide bonds. The van der Waals surface area contributed by atoms with Crippen molar-refractivity contribution in [2.24, 2.45) is 0 Å². The highest BCUT2D eigenvalue weighted by Crippen LogP contribution is 2.40. The normalized spacial score (nSPS) is 11.3. The second-order valence-corrected chi connectivity index (χ2v) is 13.5. The number of fused-ring (bicyclic) bond motifs is 4. The van der Waals surface area contributed by atoms with Gasteiger partial charge in [-0.25, -0.2) is 19.8 Å². The Morgan fingerprint density at radius 2 is 0.945 bits per heavy atom. The summed E-state index contributed by atoms with van der Waals surface area (Å²) in [5, 5.41) is 4.74. The van der Waals surface area contributed by atoms with Gasteiger partial charge in [-0.1, -0.05) is 158 Å². The molecule has 5 nitrogen and oxygen atoms in total. The number of rotatable bonds is 6. The lowest BCUT2D eigenvalue weighted by Gasteiger charge is -2.15. The summed E-state index contributed by atoms with van der Waals surface area (Å²) >= 11 is 0. The Morgan fingerprint density at radius 3 is 1.69 bits per heavy atom. The van der Waals surface area contributed by atoms with Crippen molar-refractivity contribution in [1.82, 2.24) is 19.5 Å². The van der Waals surface area contributed by atoms with E-state index in [9.17, 15) is 0 Å². The van der Waals surface area contributed by atoms with Crippen molar-refractivity contribution in [3.8, 4) is 62.1 Å². The topological polar surface area (TPSA) is 48.0 Å². The van der Waals surface area contributed by atoms with Crippen molar-refractivity contribution in [2.45, 2.75) is 0 Å². The average molecular weight is 702 g/mol. The van der Waals surface area contributed by atoms with Crippen molar-refractivity contribution in [1.29, 1.82) is 0 Å². The van der Waals surface area contributed by atoms with E-state index in [4.69, 9.17) is 21.5 Å². The zero-order chi connectivity index (χ0) is 36.7. The Kier molecular flexibility index (Phi) is 7.79. The standard InChI is InChI=1S/C50H31N5/c1-51-45-25-12-10-22-42(45)37-29-38(50-53-48(34-16-4-2-5-17-34)52-49(54-50)35-18-6-3-7-19-35)31-39(30-37)55-46-26-13-11-23-43(46)44-28-27-36(32-47(44)55)41-24-14-20-33-15-8-9-21-40(33)41/h2-32H. The van der Waals surface area contributed by atoms with Crippen LogP contribution in [-0.4, -0.2) is 19.5 Å². The van der Waals surface area contributed by atoms with E-state index in [0.717, 1.165) is 60.9 Å². The maximum absolute atomic E-state index is 8.06. The van der Waals surface area contributed by atoms with Gasteiger partial charge in [0.2, 0.25) is 0 Å². The number of nitrogens with zero attached hydrogens (tertiary/aromatic N) is 5. The van der Waals surface area contributed by atoms with Gasteiger partial charge in [-0.3, -0.25) is 0 Å². The quantitative estimate of drug-likeness (QED) is 0.162. The van der Waals surface area contributed by atoms with Gasteiger partial charge in [0.1, 0.15) is 0 Å². The molecule has 2 heterocycles. The number of benzene rings is 8. The summed E-state index contributed by atoms with van der Waals surface area (Å²) in [6, 6.07) is 64.6. The van der Waals surface area contributed by atoms with Gasteiger partial charge >= 0.3 is 0 Å². The van der Waals surface area contributed by atoms with Gasteiger partial charge in [0.05, 0.1) is 17.6 Å². The Hall–Kier alpha value is -7.68. The fourth-order valence-electron chi connectivity index (χ4n) is 7.67. The minimum Gasteiger partial charge on any atom is -0.309 e. The molecule has 0 fully saturated rings. The van der Waals surface area contributed by atoms with Crippen LogP contribution in [0.15, 0.2) is 188 Å². The molecule has 10 rings (SSSR count). The van der Waals surface area contributed by atoms with Gasteiger partial charge in [0, 0.05) is 33.2 Å². The van der Waals surface area contributed by atoms with Crippen LogP contribution in [0, 0.1) is 6.57 Å². The Labute approximate surface area is 318 Å². The zero-order valence-corrected chi connectivity index (χ0v) is 29.6. The molecular formula is C50H31N5. The third-order valence-electron chi connectivity index (χ3n) is 10.2. The molecule has 8 aromatic carbocycles. The van der Waals surface area contributed by atoms with Crippen LogP contribution in [0.2, 0.25) is 0 Å². The van der Waals surface area contributed by atoms with Crippen molar-refractivity contribution < 1.29 is 0 Å². The van der Waals surface area contributed by atoms with Crippen LogP contribution in [0.5, 0.6) is 0 Å².